The van der Waals surface area contributed by atoms with Crippen molar-refractivity contribution in [1.82, 2.24) is 5.32 Å². The first-order chi connectivity index (χ1) is 5.64. The second kappa shape index (κ2) is 2.04. The largest absolute Gasteiger partial charge is 0.375 e. The number of carbonyl (C=O) groups is 2. The Labute approximate surface area is 68.6 Å². The van der Waals surface area contributed by atoms with Gasteiger partial charge >= 0.3 is 0 Å². The van der Waals surface area contributed by atoms with E-state index in [2.05, 4.69) is 5.32 Å². The monoisotopic (exact) mass is 165 g/mol. The maximum Gasteiger partial charge on any atom is 0.263 e. The maximum absolute atomic E-state index is 11.1. The minimum Gasteiger partial charge on any atom is -0.375 e. The third-order valence-corrected chi connectivity index (χ3v) is 2.12. The van der Waals surface area contributed by atoms with E-state index in [1.807, 2.05) is 0 Å². The van der Waals surface area contributed by atoms with Crippen LogP contribution in [0.15, 0.2) is 24.3 Å². The Bertz CT molecular complexity index is 318. The zero-order valence-electron chi connectivity index (χ0n) is 6.15. The van der Waals surface area contributed by atoms with Crippen molar-refractivity contribution in [1.29, 1.82) is 0 Å². The van der Waals surface area contributed by atoms with Gasteiger partial charge in [-0.05, 0) is 6.08 Å². The van der Waals surface area contributed by atoms with E-state index in [9.17, 15) is 14.7 Å². The molecule has 1 aliphatic heterocycles. The number of rotatable bonds is 0. The van der Waals surface area contributed by atoms with Gasteiger partial charge in [-0.1, -0.05) is 18.2 Å². The van der Waals surface area contributed by atoms with Crippen molar-refractivity contribution in [2.45, 2.75) is 5.60 Å². The van der Waals surface area contributed by atoms with Crippen molar-refractivity contribution in [2.75, 3.05) is 0 Å². The quantitative estimate of drug-likeness (QED) is 0.458. The standard InChI is InChI=1S/C8H7NO3/c10-6-5-3-1-2-4-8(5,12)7(11)9-6/h1-5,12H,(H,9,10,11). The van der Waals surface area contributed by atoms with Gasteiger partial charge in [0.25, 0.3) is 5.91 Å². The normalized spacial score (nSPS) is 38.2. The summed E-state index contributed by atoms with van der Waals surface area (Å²) in [7, 11) is 0. The zero-order chi connectivity index (χ0) is 8.77. The predicted octanol–water partition coefficient (Wildman–Crippen LogP) is -0.884. The minimum absolute atomic E-state index is 0.442. The highest BCUT2D eigenvalue weighted by Crippen LogP contribution is 2.29. The molecule has 62 valence electrons. The van der Waals surface area contributed by atoms with Crippen LogP contribution in [0.25, 0.3) is 0 Å². The van der Waals surface area contributed by atoms with Crippen LogP contribution in [0, 0.1) is 5.92 Å². The van der Waals surface area contributed by atoms with Crippen LogP contribution in [0.5, 0.6) is 0 Å². The van der Waals surface area contributed by atoms with Gasteiger partial charge in [-0.15, -0.1) is 0 Å². The molecule has 0 saturated carbocycles. The van der Waals surface area contributed by atoms with Crippen molar-refractivity contribution in [3.8, 4) is 0 Å². The van der Waals surface area contributed by atoms with E-state index in [0.29, 0.717) is 0 Å². The highest BCUT2D eigenvalue weighted by molar-refractivity contribution is 6.11. The lowest BCUT2D eigenvalue weighted by Gasteiger charge is -2.20. The number of amides is 2. The summed E-state index contributed by atoms with van der Waals surface area (Å²) in [6.07, 6.45) is 6.03. The Kier molecular flexibility index (Phi) is 1.23. The molecule has 0 aromatic carbocycles. The van der Waals surface area contributed by atoms with Gasteiger partial charge in [-0.3, -0.25) is 14.9 Å². The van der Waals surface area contributed by atoms with E-state index in [4.69, 9.17) is 0 Å². The van der Waals surface area contributed by atoms with Crippen LogP contribution in [-0.4, -0.2) is 22.5 Å². The third kappa shape index (κ3) is 0.698. The molecule has 4 nitrogen and oxygen atoms in total. The summed E-state index contributed by atoms with van der Waals surface area (Å²) >= 11 is 0. The molecule has 4 heteroatoms. The summed E-state index contributed by atoms with van der Waals surface area (Å²) in [5.41, 5.74) is -1.65. The fourth-order valence-electron chi connectivity index (χ4n) is 1.42. The fraction of sp³-hybridized carbons (Fsp3) is 0.250. The summed E-state index contributed by atoms with van der Waals surface area (Å²) in [6.45, 7) is 0. The number of fused-ring (bicyclic) bond motifs is 1. The van der Waals surface area contributed by atoms with E-state index in [1.54, 1.807) is 12.2 Å². The van der Waals surface area contributed by atoms with Crippen molar-refractivity contribution in [3.05, 3.63) is 24.3 Å². The molecule has 2 atom stereocenters. The molecule has 0 bridgehead atoms. The highest BCUT2D eigenvalue weighted by Gasteiger charge is 2.51. The SMILES string of the molecule is O=C1NC(=O)C2(O)C=CC=CC12. The highest BCUT2D eigenvalue weighted by atomic mass is 16.3. The average molecular weight is 165 g/mol. The molecule has 0 aromatic heterocycles. The van der Waals surface area contributed by atoms with Gasteiger partial charge in [-0.2, -0.15) is 0 Å². The number of hydrogen-bond donors (Lipinski definition) is 2. The minimum atomic E-state index is -1.65. The van der Waals surface area contributed by atoms with Crippen LogP contribution in [-0.2, 0) is 9.59 Å². The molecule has 1 aliphatic carbocycles. The van der Waals surface area contributed by atoms with E-state index in [1.165, 1.54) is 12.2 Å². The van der Waals surface area contributed by atoms with Crippen molar-refractivity contribution < 1.29 is 14.7 Å². The van der Waals surface area contributed by atoms with Crippen LogP contribution in [0.3, 0.4) is 0 Å². The summed E-state index contributed by atoms with van der Waals surface area (Å²) < 4.78 is 0. The second-order valence-corrected chi connectivity index (χ2v) is 2.87. The van der Waals surface area contributed by atoms with Gasteiger partial charge in [0, 0.05) is 0 Å². The Balaban J connectivity index is 2.49. The van der Waals surface area contributed by atoms with Crippen molar-refractivity contribution >= 4 is 11.8 Å². The van der Waals surface area contributed by atoms with Crippen LogP contribution in [0.2, 0.25) is 0 Å². The molecule has 1 fully saturated rings. The predicted molar refractivity (Wildman–Crippen MR) is 39.9 cm³/mol. The lowest BCUT2D eigenvalue weighted by molar-refractivity contribution is -0.132. The van der Waals surface area contributed by atoms with Crippen molar-refractivity contribution in [2.24, 2.45) is 5.92 Å². The zero-order valence-corrected chi connectivity index (χ0v) is 6.15. The van der Waals surface area contributed by atoms with E-state index in [-0.39, 0.29) is 0 Å². The third-order valence-electron chi connectivity index (χ3n) is 2.12. The van der Waals surface area contributed by atoms with Gasteiger partial charge < -0.3 is 5.11 Å². The van der Waals surface area contributed by atoms with Gasteiger partial charge in [-0.25, -0.2) is 0 Å². The Morgan fingerprint density at radius 3 is 2.83 bits per heavy atom. The first-order valence-corrected chi connectivity index (χ1v) is 3.58. The molecular weight excluding hydrogens is 158 g/mol. The molecule has 2 unspecified atom stereocenters. The summed E-state index contributed by atoms with van der Waals surface area (Å²) in [5, 5.41) is 11.7. The first kappa shape index (κ1) is 7.24. The molecule has 12 heavy (non-hydrogen) atoms. The average Bonchev–Trinajstić information content (AvgIpc) is 2.25. The number of nitrogens with one attached hydrogen (secondary N) is 1. The second-order valence-electron chi connectivity index (χ2n) is 2.87. The Morgan fingerprint density at radius 2 is 2.17 bits per heavy atom. The molecule has 2 aliphatic rings. The summed E-state index contributed by atoms with van der Waals surface area (Å²) in [6, 6.07) is 0. The van der Waals surface area contributed by atoms with E-state index < -0.39 is 23.3 Å². The van der Waals surface area contributed by atoms with E-state index in [0.717, 1.165) is 0 Å². The van der Waals surface area contributed by atoms with Gasteiger partial charge in [0.2, 0.25) is 5.91 Å². The van der Waals surface area contributed by atoms with Gasteiger partial charge in [0.15, 0.2) is 5.60 Å². The summed E-state index contributed by atoms with van der Waals surface area (Å²) in [4.78, 5) is 22.1. The topological polar surface area (TPSA) is 66.4 Å². The number of aliphatic hydroxyl groups is 1. The summed E-state index contributed by atoms with van der Waals surface area (Å²) in [5.74, 6) is -1.84. The van der Waals surface area contributed by atoms with Crippen molar-refractivity contribution in [3.63, 3.8) is 0 Å². The molecule has 0 aromatic rings. The molecule has 0 spiro atoms. The lowest BCUT2D eigenvalue weighted by Crippen LogP contribution is -2.40. The number of imide groups is 1. The number of carbonyl (C=O) groups excluding carboxylic acids is 2. The molecule has 2 rings (SSSR count). The van der Waals surface area contributed by atoms with Crippen LogP contribution in [0.4, 0.5) is 0 Å². The van der Waals surface area contributed by atoms with Gasteiger partial charge in [0.1, 0.15) is 0 Å². The molecule has 2 amide bonds. The fourth-order valence-corrected chi connectivity index (χ4v) is 1.42. The molecule has 2 N–H and O–H groups in total. The number of allylic oxidation sites excluding steroid dienone is 2. The maximum atomic E-state index is 11.1. The Morgan fingerprint density at radius 1 is 1.42 bits per heavy atom. The van der Waals surface area contributed by atoms with Crippen LogP contribution >= 0.6 is 0 Å². The van der Waals surface area contributed by atoms with Gasteiger partial charge in [0.05, 0.1) is 5.92 Å². The molecule has 1 heterocycles. The molecule has 1 saturated heterocycles. The number of hydrogen-bond acceptors (Lipinski definition) is 3. The van der Waals surface area contributed by atoms with E-state index >= 15 is 0 Å². The smallest absolute Gasteiger partial charge is 0.263 e. The van der Waals surface area contributed by atoms with Crippen LogP contribution in [0.1, 0.15) is 0 Å². The first-order valence-electron chi connectivity index (χ1n) is 3.58. The molecular formula is C8H7NO3. The Hall–Kier alpha value is -1.42. The van der Waals surface area contributed by atoms with Crippen LogP contribution < -0.4 is 5.32 Å². The molecule has 0 radical (unpaired) electrons. The lowest BCUT2D eigenvalue weighted by atomic mass is 9.86.